The molecule has 1 aromatic heterocycles. The molecule has 9 heteroatoms. The van der Waals surface area contributed by atoms with Gasteiger partial charge in [0.25, 0.3) is 11.8 Å². The maximum atomic E-state index is 12.3. The second-order valence-electron chi connectivity index (χ2n) is 6.93. The Morgan fingerprint density at radius 3 is 2.19 bits per heavy atom. The van der Waals surface area contributed by atoms with Crippen molar-refractivity contribution >= 4 is 23.6 Å². The standard InChI is InChI=1S/C23H19N3O6/c27-20(12-13-26-22(29)17-8-4-5-9-18(17)23(26)30)24-25-21(28)19-11-10-16(32-19)14-31-15-6-2-1-3-7-15/h1-11H,12-14H2,(H,24,27)(H,25,28). The number of furan rings is 1. The van der Waals surface area contributed by atoms with Crippen LogP contribution in [0, 0.1) is 0 Å². The van der Waals surface area contributed by atoms with Gasteiger partial charge >= 0.3 is 5.91 Å². The van der Waals surface area contributed by atoms with Crippen LogP contribution in [0.5, 0.6) is 5.75 Å². The van der Waals surface area contributed by atoms with E-state index in [9.17, 15) is 19.2 Å². The molecule has 1 aliphatic rings. The van der Waals surface area contributed by atoms with E-state index < -0.39 is 23.6 Å². The quantitative estimate of drug-likeness (QED) is 0.436. The fourth-order valence-corrected chi connectivity index (χ4v) is 3.15. The monoisotopic (exact) mass is 433 g/mol. The molecule has 3 aromatic rings. The first-order chi connectivity index (χ1) is 15.5. The zero-order valence-corrected chi connectivity index (χ0v) is 16.9. The molecule has 0 spiro atoms. The summed E-state index contributed by atoms with van der Waals surface area (Å²) >= 11 is 0. The van der Waals surface area contributed by atoms with E-state index in [2.05, 4.69) is 10.9 Å². The average molecular weight is 433 g/mol. The van der Waals surface area contributed by atoms with E-state index in [4.69, 9.17) is 9.15 Å². The molecule has 32 heavy (non-hydrogen) atoms. The number of carbonyl (C=O) groups is 4. The number of hydrogen-bond donors (Lipinski definition) is 2. The van der Waals surface area contributed by atoms with Crippen LogP contribution in [0.3, 0.4) is 0 Å². The third-order valence-corrected chi connectivity index (χ3v) is 4.77. The zero-order chi connectivity index (χ0) is 22.5. The van der Waals surface area contributed by atoms with Gasteiger partial charge in [-0.25, -0.2) is 0 Å². The van der Waals surface area contributed by atoms with Gasteiger partial charge in [-0.2, -0.15) is 0 Å². The molecule has 0 aliphatic carbocycles. The lowest BCUT2D eigenvalue weighted by atomic mass is 10.1. The Labute approximate surface area is 182 Å². The van der Waals surface area contributed by atoms with Crippen LogP contribution in [0.15, 0.2) is 71.1 Å². The number of ether oxygens (including phenoxy) is 1. The Balaban J connectivity index is 1.22. The molecular weight excluding hydrogens is 414 g/mol. The highest BCUT2D eigenvalue weighted by atomic mass is 16.5. The highest BCUT2D eigenvalue weighted by Crippen LogP contribution is 2.22. The van der Waals surface area contributed by atoms with Gasteiger partial charge in [0.15, 0.2) is 5.76 Å². The van der Waals surface area contributed by atoms with Crippen molar-refractivity contribution in [1.82, 2.24) is 15.8 Å². The predicted molar refractivity (Wildman–Crippen MR) is 112 cm³/mol. The largest absolute Gasteiger partial charge is 0.486 e. The minimum Gasteiger partial charge on any atom is -0.486 e. The lowest BCUT2D eigenvalue weighted by Crippen LogP contribution is -2.43. The van der Waals surface area contributed by atoms with Crippen molar-refractivity contribution in [1.29, 1.82) is 0 Å². The summed E-state index contributed by atoms with van der Waals surface area (Å²) in [6, 6.07) is 18.7. The summed E-state index contributed by atoms with van der Waals surface area (Å²) in [6.45, 7) is 0.0414. The predicted octanol–water partition coefficient (Wildman–Crippen LogP) is 2.31. The minimum absolute atomic E-state index is 0.00249. The number of amides is 4. The van der Waals surface area contributed by atoms with Crippen molar-refractivity contribution in [2.24, 2.45) is 0 Å². The van der Waals surface area contributed by atoms with Gasteiger partial charge in [0.1, 0.15) is 18.1 Å². The van der Waals surface area contributed by atoms with Crippen LogP contribution in [0.4, 0.5) is 0 Å². The molecule has 0 fully saturated rings. The number of nitrogens with one attached hydrogen (secondary N) is 2. The zero-order valence-electron chi connectivity index (χ0n) is 16.9. The molecule has 0 radical (unpaired) electrons. The Bertz CT molecular complexity index is 1140. The van der Waals surface area contributed by atoms with Gasteiger partial charge in [0, 0.05) is 13.0 Å². The lowest BCUT2D eigenvalue weighted by molar-refractivity contribution is -0.121. The van der Waals surface area contributed by atoms with Crippen LogP contribution in [0.2, 0.25) is 0 Å². The van der Waals surface area contributed by atoms with Crippen molar-refractivity contribution in [3.8, 4) is 5.75 Å². The minimum atomic E-state index is -0.648. The maximum absolute atomic E-state index is 12.3. The Kier molecular flexibility index (Phi) is 5.98. The smallest absolute Gasteiger partial charge is 0.305 e. The molecule has 2 N–H and O–H groups in total. The molecule has 162 valence electrons. The summed E-state index contributed by atoms with van der Waals surface area (Å²) in [4.78, 5) is 49.8. The van der Waals surface area contributed by atoms with Crippen molar-refractivity contribution in [3.05, 3.63) is 89.4 Å². The normalized spacial score (nSPS) is 12.4. The molecule has 4 rings (SSSR count). The first kappa shape index (κ1) is 20.9. The molecule has 0 saturated heterocycles. The Morgan fingerprint density at radius 2 is 1.50 bits per heavy atom. The molecule has 2 aromatic carbocycles. The molecule has 0 saturated carbocycles. The van der Waals surface area contributed by atoms with Crippen molar-refractivity contribution < 1.29 is 28.3 Å². The molecule has 4 amide bonds. The van der Waals surface area contributed by atoms with Crippen LogP contribution in [0.25, 0.3) is 0 Å². The maximum Gasteiger partial charge on any atom is 0.305 e. The average Bonchev–Trinajstić information content (AvgIpc) is 3.39. The van der Waals surface area contributed by atoms with Gasteiger partial charge in [-0.15, -0.1) is 0 Å². The van der Waals surface area contributed by atoms with Gasteiger partial charge in [-0.1, -0.05) is 30.3 Å². The number of hydrazine groups is 1. The molecule has 1 aliphatic heterocycles. The van der Waals surface area contributed by atoms with Gasteiger partial charge in [-0.05, 0) is 36.4 Å². The fourth-order valence-electron chi connectivity index (χ4n) is 3.15. The molecule has 9 nitrogen and oxygen atoms in total. The summed E-state index contributed by atoms with van der Waals surface area (Å²) in [7, 11) is 0. The second-order valence-corrected chi connectivity index (χ2v) is 6.93. The number of imide groups is 1. The summed E-state index contributed by atoms with van der Waals surface area (Å²) in [5, 5.41) is 0. The number of carbonyl (C=O) groups excluding carboxylic acids is 4. The van der Waals surface area contributed by atoms with E-state index in [0.29, 0.717) is 22.6 Å². The third-order valence-electron chi connectivity index (χ3n) is 4.77. The third kappa shape index (κ3) is 4.51. The molecule has 0 bridgehead atoms. The van der Waals surface area contributed by atoms with Crippen molar-refractivity contribution in [3.63, 3.8) is 0 Å². The molecular formula is C23H19N3O6. The number of benzene rings is 2. The van der Waals surface area contributed by atoms with Crippen LogP contribution in [0.1, 0.15) is 43.5 Å². The number of para-hydroxylation sites is 1. The van der Waals surface area contributed by atoms with Gasteiger partial charge in [0.2, 0.25) is 5.91 Å². The topological polar surface area (TPSA) is 118 Å². The number of nitrogens with zero attached hydrogens (tertiary/aromatic N) is 1. The van der Waals surface area contributed by atoms with Gasteiger partial charge in [0.05, 0.1) is 11.1 Å². The Morgan fingerprint density at radius 1 is 0.844 bits per heavy atom. The first-order valence-electron chi connectivity index (χ1n) is 9.84. The van der Waals surface area contributed by atoms with Crippen LogP contribution >= 0.6 is 0 Å². The first-order valence-corrected chi connectivity index (χ1v) is 9.84. The number of fused-ring (bicyclic) bond motifs is 1. The second kappa shape index (κ2) is 9.17. The molecule has 0 unspecified atom stereocenters. The van der Waals surface area contributed by atoms with Gasteiger partial charge in [-0.3, -0.25) is 34.9 Å². The van der Waals surface area contributed by atoms with Crippen LogP contribution < -0.4 is 15.6 Å². The van der Waals surface area contributed by atoms with E-state index in [1.807, 2.05) is 18.2 Å². The van der Waals surface area contributed by atoms with E-state index in [1.165, 1.54) is 6.07 Å². The van der Waals surface area contributed by atoms with Crippen molar-refractivity contribution in [2.75, 3.05) is 6.54 Å². The van der Waals surface area contributed by atoms with Crippen molar-refractivity contribution in [2.45, 2.75) is 13.0 Å². The van der Waals surface area contributed by atoms with E-state index in [0.717, 1.165) is 4.90 Å². The fraction of sp³-hybridized carbons (Fsp3) is 0.130. The number of hydrogen-bond acceptors (Lipinski definition) is 6. The summed E-state index contributed by atoms with van der Waals surface area (Å²) in [5.41, 5.74) is 5.11. The number of rotatable bonds is 7. The summed E-state index contributed by atoms with van der Waals surface area (Å²) < 4.78 is 11.0. The van der Waals surface area contributed by atoms with E-state index >= 15 is 0 Å². The Hall–Kier alpha value is -4.40. The lowest BCUT2D eigenvalue weighted by Gasteiger charge is -2.13. The van der Waals surface area contributed by atoms with E-state index in [-0.39, 0.29) is 25.3 Å². The summed E-state index contributed by atoms with van der Waals surface area (Å²) in [5.74, 6) is -0.987. The highest BCUT2D eigenvalue weighted by molar-refractivity contribution is 6.21. The molecule has 2 heterocycles. The molecule has 0 atom stereocenters. The SMILES string of the molecule is O=C(CCN1C(=O)c2ccccc2C1=O)NNC(=O)c1ccc(COc2ccccc2)o1. The highest BCUT2D eigenvalue weighted by Gasteiger charge is 2.34. The van der Waals surface area contributed by atoms with E-state index in [1.54, 1.807) is 42.5 Å². The summed E-state index contributed by atoms with van der Waals surface area (Å²) in [6.07, 6.45) is -0.167. The van der Waals surface area contributed by atoms with Crippen LogP contribution in [-0.4, -0.2) is 35.1 Å². The van der Waals surface area contributed by atoms with Crippen LogP contribution in [-0.2, 0) is 11.4 Å². The van der Waals surface area contributed by atoms with Gasteiger partial charge < -0.3 is 9.15 Å².